The Kier molecular flexibility index (Phi) is 6.37. The normalized spacial score (nSPS) is 18.2. The number of halogens is 1. The van der Waals surface area contributed by atoms with Crippen molar-refractivity contribution >= 4 is 38.7 Å². The molecule has 1 atom stereocenters. The number of aryl methyl sites for hydroxylation is 3. The Hall–Kier alpha value is -1.57. The minimum Gasteiger partial charge on any atom is -0.484 e. The molecule has 0 radical (unpaired) electrons. The lowest BCUT2D eigenvalue weighted by molar-refractivity contribution is -0.135. The molecule has 0 spiro atoms. The van der Waals surface area contributed by atoms with Crippen LogP contribution in [0.5, 0.6) is 5.75 Å². The number of hydrogen-bond acceptors (Lipinski definition) is 5. The first-order valence-corrected chi connectivity index (χ1v) is 12.2. The smallest absolute Gasteiger partial charge is 0.261 e. The highest BCUT2D eigenvalue weighted by molar-refractivity contribution is 7.91. The van der Waals surface area contributed by atoms with E-state index in [-0.39, 0.29) is 30.1 Å². The average molecular weight is 442 g/mol. The monoisotopic (exact) mass is 441 g/mol. The summed E-state index contributed by atoms with van der Waals surface area (Å²) in [5.41, 5.74) is 2.88. The van der Waals surface area contributed by atoms with Crippen LogP contribution in [0.25, 0.3) is 0 Å². The summed E-state index contributed by atoms with van der Waals surface area (Å²) in [7, 11) is -3.09. The summed E-state index contributed by atoms with van der Waals surface area (Å²) < 4.78 is 29.6. The highest BCUT2D eigenvalue weighted by Crippen LogP contribution is 2.27. The van der Waals surface area contributed by atoms with Crippen LogP contribution in [0, 0.1) is 20.8 Å². The zero-order valence-corrected chi connectivity index (χ0v) is 18.6. The minimum absolute atomic E-state index is 0.0162. The maximum Gasteiger partial charge on any atom is 0.261 e. The molecule has 1 aromatic carbocycles. The van der Waals surface area contributed by atoms with E-state index in [0.717, 1.165) is 21.6 Å². The SMILES string of the molecule is Cc1ccsc1CN(C(=O)COc1cc(C)c(Cl)c(C)c1)[C@H]1CCS(=O)(=O)C1. The molecule has 3 rings (SSSR count). The number of carbonyl (C=O) groups excluding carboxylic acids is 1. The highest BCUT2D eigenvalue weighted by atomic mass is 35.5. The minimum atomic E-state index is -3.09. The van der Waals surface area contributed by atoms with E-state index in [0.29, 0.717) is 23.7 Å². The molecule has 1 aromatic heterocycles. The van der Waals surface area contributed by atoms with Crippen LogP contribution < -0.4 is 4.74 Å². The van der Waals surface area contributed by atoms with Gasteiger partial charge in [-0.1, -0.05) is 11.6 Å². The summed E-state index contributed by atoms with van der Waals surface area (Å²) >= 11 is 7.76. The van der Waals surface area contributed by atoms with Gasteiger partial charge in [-0.15, -0.1) is 11.3 Å². The van der Waals surface area contributed by atoms with Crippen molar-refractivity contribution in [1.29, 1.82) is 0 Å². The average Bonchev–Trinajstić information content (AvgIpc) is 3.20. The summed E-state index contributed by atoms with van der Waals surface area (Å²) in [6.07, 6.45) is 0.470. The molecule has 0 saturated carbocycles. The number of amides is 1. The Morgan fingerprint density at radius 1 is 1.25 bits per heavy atom. The zero-order chi connectivity index (χ0) is 20.5. The van der Waals surface area contributed by atoms with Gasteiger partial charge in [-0.05, 0) is 67.5 Å². The molecule has 0 aliphatic carbocycles. The zero-order valence-electron chi connectivity index (χ0n) is 16.2. The van der Waals surface area contributed by atoms with Crippen molar-refractivity contribution in [3.05, 3.63) is 50.2 Å². The summed E-state index contributed by atoms with van der Waals surface area (Å²) in [4.78, 5) is 15.7. The third-order valence-corrected chi connectivity index (χ3v) is 8.38. The maximum absolute atomic E-state index is 13.0. The molecule has 28 heavy (non-hydrogen) atoms. The summed E-state index contributed by atoms with van der Waals surface area (Å²) in [5.74, 6) is 0.517. The molecular weight excluding hydrogens is 418 g/mol. The van der Waals surface area contributed by atoms with Gasteiger partial charge in [0.1, 0.15) is 5.75 Å². The van der Waals surface area contributed by atoms with E-state index < -0.39 is 9.84 Å². The maximum atomic E-state index is 13.0. The van der Waals surface area contributed by atoms with Crippen molar-refractivity contribution in [1.82, 2.24) is 4.90 Å². The molecular formula is C20H24ClNO4S2. The largest absolute Gasteiger partial charge is 0.484 e. The van der Waals surface area contributed by atoms with Gasteiger partial charge in [0.2, 0.25) is 0 Å². The van der Waals surface area contributed by atoms with Crippen LogP contribution in [-0.2, 0) is 21.2 Å². The topological polar surface area (TPSA) is 63.7 Å². The van der Waals surface area contributed by atoms with Crippen LogP contribution in [0.15, 0.2) is 23.6 Å². The lowest BCUT2D eigenvalue weighted by Crippen LogP contribution is -2.43. The van der Waals surface area contributed by atoms with Crippen molar-refractivity contribution in [2.75, 3.05) is 18.1 Å². The van der Waals surface area contributed by atoms with Gasteiger partial charge in [0.05, 0.1) is 18.1 Å². The first kappa shape index (κ1) is 21.1. The van der Waals surface area contributed by atoms with Gasteiger partial charge in [0.15, 0.2) is 16.4 Å². The van der Waals surface area contributed by atoms with Gasteiger partial charge in [0.25, 0.3) is 5.91 Å². The van der Waals surface area contributed by atoms with E-state index in [1.807, 2.05) is 32.2 Å². The number of rotatable bonds is 6. The molecule has 0 unspecified atom stereocenters. The number of thiophene rings is 1. The van der Waals surface area contributed by atoms with Gasteiger partial charge in [-0.2, -0.15) is 0 Å². The molecule has 0 N–H and O–H groups in total. The second-order valence-corrected chi connectivity index (χ2v) is 10.9. The summed E-state index contributed by atoms with van der Waals surface area (Å²) in [6, 6.07) is 5.30. The van der Waals surface area contributed by atoms with Gasteiger partial charge >= 0.3 is 0 Å². The second-order valence-electron chi connectivity index (χ2n) is 7.27. The van der Waals surface area contributed by atoms with Gasteiger partial charge < -0.3 is 9.64 Å². The van der Waals surface area contributed by atoms with Crippen molar-refractivity contribution in [3.8, 4) is 5.75 Å². The molecule has 1 aliphatic rings. The molecule has 2 aromatic rings. The van der Waals surface area contributed by atoms with E-state index in [9.17, 15) is 13.2 Å². The quantitative estimate of drug-likeness (QED) is 0.681. The number of hydrogen-bond donors (Lipinski definition) is 0. The van der Waals surface area contributed by atoms with Crippen LogP contribution in [0.3, 0.4) is 0 Å². The Labute approximate surface area is 175 Å². The fraction of sp³-hybridized carbons (Fsp3) is 0.450. The third kappa shape index (κ3) is 4.88. The van der Waals surface area contributed by atoms with Gasteiger partial charge in [-0.3, -0.25) is 4.79 Å². The molecule has 0 bridgehead atoms. The fourth-order valence-electron chi connectivity index (χ4n) is 3.38. The lowest BCUT2D eigenvalue weighted by atomic mass is 10.1. The first-order valence-electron chi connectivity index (χ1n) is 9.08. The van der Waals surface area contributed by atoms with Gasteiger partial charge in [0, 0.05) is 15.9 Å². The predicted octanol–water partition coefficient (Wildman–Crippen LogP) is 3.92. The number of nitrogens with zero attached hydrogens (tertiary/aromatic N) is 1. The molecule has 1 aliphatic heterocycles. The highest BCUT2D eigenvalue weighted by Gasteiger charge is 2.35. The van der Waals surface area contributed by atoms with Crippen LogP contribution in [0.4, 0.5) is 0 Å². The standard InChI is InChI=1S/C20H24ClNO4S2/c1-13-4-6-27-18(13)10-22(16-5-7-28(24,25)12-16)19(23)11-26-17-8-14(2)20(21)15(3)9-17/h4,6,8-9,16H,5,7,10-12H2,1-3H3/t16-/m0/s1. The van der Waals surface area contributed by atoms with Crippen LogP contribution in [0.2, 0.25) is 5.02 Å². The predicted molar refractivity (Wildman–Crippen MR) is 113 cm³/mol. The van der Waals surface area contributed by atoms with E-state index in [2.05, 4.69) is 0 Å². The Bertz CT molecular complexity index is 961. The number of sulfone groups is 1. The van der Waals surface area contributed by atoms with Crippen LogP contribution in [-0.4, -0.2) is 43.4 Å². The van der Waals surface area contributed by atoms with Crippen molar-refractivity contribution < 1.29 is 17.9 Å². The van der Waals surface area contributed by atoms with Crippen LogP contribution >= 0.6 is 22.9 Å². The number of ether oxygens (including phenoxy) is 1. The molecule has 1 amide bonds. The van der Waals surface area contributed by atoms with Crippen molar-refractivity contribution in [2.24, 2.45) is 0 Å². The second kappa shape index (κ2) is 8.43. The Balaban J connectivity index is 1.75. The third-order valence-electron chi connectivity index (χ3n) is 5.02. The van der Waals surface area contributed by atoms with E-state index in [4.69, 9.17) is 16.3 Å². The lowest BCUT2D eigenvalue weighted by Gasteiger charge is -2.28. The fourth-order valence-corrected chi connectivity index (χ4v) is 6.12. The molecule has 5 nitrogen and oxygen atoms in total. The molecule has 2 heterocycles. The Morgan fingerprint density at radius 2 is 1.93 bits per heavy atom. The van der Waals surface area contributed by atoms with E-state index in [1.165, 1.54) is 0 Å². The van der Waals surface area contributed by atoms with E-state index >= 15 is 0 Å². The number of carbonyl (C=O) groups is 1. The molecule has 152 valence electrons. The van der Waals surface area contributed by atoms with Crippen LogP contribution in [0.1, 0.15) is 28.0 Å². The number of benzene rings is 1. The first-order chi connectivity index (χ1) is 13.2. The van der Waals surface area contributed by atoms with Gasteiger partial charge in [-0.25, -0.2) is 8.42 Å². The molecule has 1 fully saturated rings. The van der Waals surface area contributed by atoms with Crippen molar-refractivity contribution in [2.45, 2.75) is 39.8 Å². The summed E-state index contributed by atoms with van der Waals surface area (Å²) in [5, 5.41) is 2.67. The Morgan fingerprint density at radius 3 is 2.46 bits per heavy atom. The molecule has 8 heteroatoms. The van der Waals surface area contributed by atoms with Crippen molar-refractivity contribution in [3.63, 3.8) is 0 Å². The van der Waals surface area contributed by atoms with E-state index in [1.54, 1.807) is 28.4 Å². The summed E-state index contributed by atoms with van der Waals surface area (Å²) in [6.45, 7) is 6.04. The molecule has 1 saturated heterocycles.